The monoisotopic (exact) mass is 348 g/mol. The number of halogens is 1. The molecule has 24 heavy (non-hydrogen) atoms. The normalized spacial score (nSPS) is 10.2. The second-order valence-corrected chi connectivity index (χ2v) is 5.57. The molecule has 0 aliphatic heterocycles. The number of hydrogen-bond donors (Lipinski definition) is 2. The van der Waals surface area contributed by atoms with Crippen LogP contribution in [0.1, 0.15) is 5.56 Å². The molecule has 0 fully saturated rings. The van der Waals surface area contributed by atoms with E-state index >= 15 is 0 Å². The molecule has 0 radical (unpaired) electrons. The van der Waals surface area contributed by atoms with Crippen LogP contribution < -0.4 is 15.4 Å². The number of methoxy groups -OCH3 is 1. The predicted molar refractivity (Wildman–Crippen MR) is 95.6 cm³/mol. The van der Waals surface area contributed by atoms with Gasteiger partial charge >= 0.3 is 0 Å². The van der Waals surface area contributed by atoms with E-state index < -0.39 is 0 Å². The summed E-state index contributed by atoms with van der Waals surface area (Å²) in [4.78, 5) is 11.6. The van der Waals surface area contributed by atoms with Crippen molar-refractivity contribution in [2.75, 3.05) is 32.1 Å². The number of rotatable bonds is 9. The first-order chi connectivity index (χ1) is 11.7. The number of carbonyl (C=O) groups excluding carboxylic acids is 1. The number of nitrogens with one attached hydrogen (secondary N) is 2. The molecule has 2 aromatic rings. The lowest BCUT2D eigenvalue weighted by Crippen LogP contribution is -2.32. The summed E-state index contributed by atoms with van der Waals surface area (Å²) in [6, 6.07) is 15.0. The fourth-order valence-electron chi connectivity index (χ4n) is 1.95. The fourth-order valence-corrected chi connectivity index (χ4v) is 2.08. The van der Waals surface area contributed by atoms with Crippen molar-refractivity contribution in [1.82, 2.24) is 5.32 Å². The van der Waals surface area contributed by atoms with Gasteiger partial charge < -0.3 is 20.1 Å². The lowest BCUT2D eigenvalue weighted by molar-refractivity contribution is -0.119. The van der Waals surface area contributed by atoms with Crippen LogP contribution in [0.3, 0.4) is 0 Å². The average Bonchev–Trinajstić information content (AvgIpc) is 2.60. The van der Waals surface area contributed by atoms with E-state index in [1.54, 1.807) is 7.11 Å². The molecule has 0 unspecified atom stereocenters. The van der Waals surface area contributed by atoms with Gasteiger partial charge in [-0.25, -0.2) is 0 Å². The van der Waals surface area contributed by atoms with E-state index in [-0.39, 0.29) is 12.5 Å². The first-order valence-corrected chi connectivity index (χ1v) is 8.02. The first-order valence-electron chi connectivity index (χ1n) is 7.64. The summed E-state index contributed by atoms with van der Waals surface area (Å²) >= 11 is 5.85. The minimum absolute atomic E-state index is 0.0740. The Morgan fingerprint density at radius 1 is 1.08 bits per heavy atom. The minimum atomic E-state index is -0.0740. The highest BCUT2D eigenvalue weighted by Crippen LogP contribution is 2.17. The lowest BCUT2D eigenvalue weighted by atomic mass is 10.2. The van der Waals surface area contributed by atoms with Gasteiger partial charge in [0.05, 0.1) is 13.2 Å². The summed E-state index contributed by atoms with van der Waals surface area (Å²) in [7, 11) is 1.60. The van der Waals surface area contributed by atoms with Gasteiger partial charge in [0.25, 0.3) is 0 Å². The summed E-state index contributed by atoms with van der Waals surface area (Å²) in [6.07, 6.45) is 0. The van der Waals surface area contributed by atoms with Crippen LogP contribution in [-0.2, 0) is 16.1 Å². The molecule has 0 bridgehead atoms. The molecular formula is C18H21ClN2O3. The zero-order valence-corrected chi connectivity index (χ0v) is 14.3. The van der Waals surface area contributed by atoms with Crippen LogP contribution >= 0.6 is 11.6 Å². The maximum Gasteiger partial charge on any atom is 0.239 e. The van der Waals surface area contributed by atoms with Crippen LogP contribution in [0.15, 0.2) is 48.5 Å². The summed E-state index contributed by atoms with van der Waals surface area (Å²) in [5, 5.41) is 6.51. The van der Waals surface area contributed by atoms with E-state index in [1.807, 2.05) is 48.5 Å². The third kappa shape index (κ3) is 6.48. The summed E-state index contributed by atoms with van der Waals surface area (Å²) in [5.74, 6) is 0.690. The Bertz CT molecular complexity index is 630. The van der Waals surface area contributed by atoms with Crippen LogP contribution in [0, 0.1) is 0 Å². The number of anilines is 1. The van der Waals surface area contributed by atoms with E-state index in [1.165, 1.54) is 0 Å². The molecule has 2 aromatic carbocycles. The van der Waals surface area contributed by atoms with Gasteiger partial charge in [0, 0.05) is 24.4 Å². The van der Waals surface area contributed by atoms with Crippen molar-refractivity contribution in [3.63, 3.8) is 0 Å². The van der Waals surface area contributed by atoms with Crippen molar-refractivity contribution in [2.24, 2.45) is 0 Å². The SMILES string of the molecule is COCCNC(=O)CNc1ccc(OCc2ccc(Cl)cc2)cc1. The Morgan fingerprint density at radius 2 is 1.79 bits per heavy atom. The van der Waals surface area contributed by atoms with Crippen LogP contribution in [0.25, 0.3) is 0 Å². The molecule has 0 saturated carbocycles. The van der Waals surface area contributed by atoms with Crippen LogP contribution in [0.5, 0.6) is 5.75 Å². The molecule has 0 aromatic heterocycles. The van der Waals surface area contributed by atoms with Crippen molar-refractivity contribution in [3.8, 4) is 5.75 Å². The number of ether oxygens (including phenoxy) is 2. The maximum atomic E-state index is 11.6. The molecule has 0 atom stereocenters. The molecule has 0 spiro atoms. The van der Waals surface area contributed by atoms with E-state index in [9.17, 15) is 4.79 Å². The lowest BCUT2D eigenvalue weighted by Gasteiger charge is -2.09. The zero-order chi connectivity index (χ0) is 17.2. The van der Waals surface area contributed by atoms with Gasteiger partial charge in [0.15, 0.2) is 0 Å². The molecule has 0 aliphatic rings. The van der Waals surface area contributed by atoms with Gasteiger partial charge in [0.2, 0.25) is 5.91 Å². The van der Waals surface area contributed by atoms with Crippen molar-refractivity contribution >= 4 is 23.2 Å². The topological polar surface area (TPSA) is 59.6 Å². The largest absolute Gasteiger partial charge is 0.489 e. The number of amides is 1. The summed E-state index contributed by atoms with van der Waals surface area (Å²) in [5.41, 5.74) is 1.91. The van der Waals surface area contributed by atoms with Crippen molar-refractivity contribution in [2.45, 2.75) is 6.61 Å². The highest BCUT2D eigenvalue weighted by Gasteiger charge is 2.01. The molecule has 0 saturated heterocycles. The van der Waals surface area contributed by atoms with Gasteiger partial charge in [-0.1, -0.05) is 23.7 Å². The Morgan fingerprint density at radius 3 is 2.46 bits per heavy atom. The molecule has 0 heterocycles. The Balaban J connectivity index is 1.74. The second kappa shape index (κ2) is 9.80. The van der Waals surface area contributed by atoms with Crippen molar-refractivity contribution in [1.29, 1.82) is 0 Å². The Kier molecular flexibility index (Phi) is 7.39. The van der Waals surface area contributed by atoms with Crippen LogP contribution in [0.4, 0.5) is 5.69 Å². The molecule has 2 N–H and O–H groups in total. The average molecular weight is 349 g/mol. The fraction of sp³-hybridized carbons (Fsp3) is 0.278. The van der Waals surface area contributed by atoms with Crippen LogP contribution in [0.2, 0.25) is 5.02 Å². The van der Waals surface area contributed by atoms with Gasteiger partial charge in [-0.15, -0.1) is 0 Å². The number of carbonyl (C=O) groups is 1. The van der Waals surface area contributed by atoms with Gasteiger partial charge in [-0.3, -0.25) is 4.79 Å². The summed E-state index contributed by atoms with van der Waals surface area (Å²) in [6.45, 7) is 1.71. The Labute approximate surface area is 146 Å². The first kappa shape index (κ1) is 18.1. The standard InChI is InChI=1S/C18H21ClN2O3/c1-23-11-10-20-18(22)12-21-16-6-8-17(9-7-16)24-13-14-2-4-15(19)5-3-14/h2-9,21H,10-13H2,1H3,(H,20,22). The predicted octanol–water partition coefficient (Wildman–Crippen LogP) is 3.09. The molecule has 1 amide bonds. The van der Waals surface area contributed by atoms with Crippen LogP contribution in [-0.4, -0.2) is 32.7 Å². The maximum absolute atomic E-state index is 11.6. The smallest absolute Gasteiger partial charge is 0.239 e. The number of hydrogen-bond acceptors (Lipinski definition) is 4. The molecule has 128 valence electrons. The van der Waals surface area contributed by atoms with Crippen molar-refractivity contribution < 1.29 is 14.3 Å². The van der Waals surface area contributed by atoms with E-state index in [4.69, 9.17) is 21.1 Å². The van der Waals surface area contributed by atoms with E-state index in [0.717, 1.165) is 17.0 Å². The van der Waals surface area contributed by atoms with Gasteiger partial charge in [-0.05, 0) is 42.0 Å². The highest BCUT2D eigenvalue weighted by atomic mass is 35.5. The Hall–Kier alpha value is -2.24. The zero-order valence-electron chi connectivity index (χ0n) is 13.5. The van der Waals surface area contributed by atoms with E-state index in [2.05, 4.69) is 10.6 Å². The van der Waals surface area contributed by atoms with Gasteiger partial charge in [-0.2, -0.15) is 0 Å². The second-order valence-electron chi connectivity index (χ2n) is 5.14. The van der Waals surface area contributed by atoms with E-state index in [0.29, 0.717) is 24.8 Å². The minimum Gasteiger partial charge on any atom is -0.489 e. The third-order valence-corrected chi connectivity index (χ3v) is 3.51. The molecule has 5 nitrogen and oxygen atoms in total. The summed E-state index contributed by atoms with van der Waals surface area (Å²) < 4.78 is 10.6. The van der Waals surface area contributed by atoms with Gasteiger partial charge in [0.1, 0.15) is 12.4 Å². The third-order valence-electron chi connectivity index (χ3n) is 3.25. The molecule has 0 aliphatic carbocycles. The molecule has 6 heteroatoms. The highest BCUT2D eigenvalue weighted by molar-refractivity contribution is 6.30. The molecule has 2 rings (SSSR count). The van der Waals surface area contributed by atoms with Crippen molar-refractivity contribution in [3.05, 3.63) is 59.1 Å². The quantitative estimate of drug-likeness (QED) is 0.684. The molecular weight excluding hydrogens is 328 g/mol. The number of benzene rings is 2.